The van der Waals surface area contributed by atoms with Crippen molar-refractivity contribution in [3.05, 3.63) is 57.4 Å². The van der Waals surface area contributed by atoms with Crippen molar-refractivity contribution < 1.29 is 4.79 Å². The lowest BCUT2D eigenvalue weighted by molar-refractivity contribution is 0.104. The number of ketones is 1. The molecule has 90 valence electrons. The topological polar surface area (TPSA) is 22.0 Å². The second-order valence-electron chi connectivity index (χ2n) is 4.12. The van der Waals surface area contributed by atoms with Gasteiger partial charge in [-0.2, -0.15) is 0 Å². The second kappa shape index (κ2) is 4.26. The monoisotopic (exact) mass is 275 g/mol. The van der Waals surface area contributed by atoms with Crippen molar-refractivity contribution in [2.24, 2.45) is 7.05 Å². The third kappa shape index (κ3) is 1.76. The van der Waals surface area contributed by atoms with E-state index in [1.54, 1.807) is 0 Å². The Balaban J connectivity index is 2.22. The highest BCUT2D eigenvalue weighted by atomic mass is 35.5. The quantitative estimate of drug-likeness (QED) is 0.645. The van der Waals surface area contributed by atoms with Gasteiger partial charge >= 0.3 is 0 Å². The Kier molecular flexibility index (Phi) is 2.73. The smallest absolute Gasteiger partial charge is 0.205 e. The fraction of sp³-hybridized carbons (Fsp3) is 0.0714. The van der Waals surface area contributed by atoms with Crippen LogP contribution in [0.5, 0.6) is 0 Å². The van der Waals surface area contributed by atoms with E-state index in [2.05, 4.69) is 0 Å². The number of nitrogens with zero attached hydrogens (tertiary/aromatic N) is 1. The van der Waals surface area contributed by atoms with Crippen LogP contribution in [0.2, 0.25) is 5.02 Å². The predicted octanol–water partition coefficient (Wildman–Crippen LogP) is 4.12. The van der Waals surface area contributed by atoms with Crippen LogP contribution in [0.1, 0.15) is 15.2 Å². The van der Waals surface area contributed by atoms with Crippen LogP contribution < -0.4 is 0 Å². The Morgan fingerprint density at radius 2 is 2.17 bits per heavy atom. The number of carbonyl (C=O) groups is 1. The van der Waals surface area contributed by atoms with Crippen LogP contribution in [-0.2, 0) is 7.05 Å². The van der Waals surface area contributed by atoms with Gasteiger partial charge in [-0.05, 0) is 23.6 Å². The molecule has 0 radical (unpaired) electrons. The van der Waals surface area contributed by atoms with Gasteiger partial charge in [0.1, 0.15) is 0 Å². The zero-order valence-corrected chi connectivity index (χ0v) is 11.3. The summed E-state index contributed by atoms with van der Waals surface area (Å²) in [4.78, 5) is 13.1. The molecule has 2 nitrogen and oxygen atoms in total. The van der Waals surface area contributed by atoms with E-state index in [-0.39, 0.29) is 5.78 Å². The number of hydrogen-bond acceptors (Lipinski definition) is 2. The molecule has 0 spiro atoms. The molecule has 0 unspecified atom stereocenters. The van der Waals surface area contributed by atoms with E-state index in [9.17, 15) is 4.79 Å². The van der Waals surface area contributed by atoms with Crippen molar-refractivity contribution in [2.75, 3.05) is 0 Å². The molecule has 0 amide bonds. The van der Waals surface area contributed by atoms with Gasteiger partial charge in [-0.3, -0.25) is 4.79 Å². The molecule has 1 aromatic carbocycles. The molecule has 0 atom stereocenters. The van der Waals surface area contributed by atoms with Gasteiger partial charge in [-0.15, -0.1) is 11.3 Å². The molecule has 2 heterocycles. The van der Waals surface area contributed by atoms with Gasteiger partial charge in [0.05, 0.1) is 4.88 Å². The summed E-state index contributed by atoms with van der Waals surface area (Å²) in [6.45, 7) is 0. The summed E-state index contributed by atoms with van der Waals surface area (Å²) in [5, 5.41) is 3.54. The van der Waals surface area contributed by atoms with Crippen molar-refractivity contribution >= 4 is 39.6 Å². The first-order valence-corrected chi connectivity index (χ1v) is 6.75. The summed E-state index contributed by atoms with van der Waals surface area (Å²) in [7, 11) is 1.92. The summed E-state index contributed by atoms with van der Waals surface area (Å²) in [5.41, 5.74) is 1.70. The number of hydrogen-bond donors (Lipinski definition) is 0. The number of carbonyl (C=O) groups excluding carboxylic acids is 1. The van der Waals surface area contributed by atoms with Crippen molar-refractivity contribution in [1.82, 2.24) is 4.57 Å². The molecule has 4 heteroatoms. The highest BCUT2D eigenvalue weighted by Crippen LogP contribution is 2.26. The normalized spacial score (nSPS) is 11.0. The molecular weight excluding hydrogens is 266 g/mol. The average molecular weight is 276 g/mol. The standard InChI is InChI=1S/C14H10ClNOS/c1-16-8-11(14(17)13-3-2-6-18-13)10-5-4-9(15)7-12(10)16/h2-8H,1H3. The SMILES string of the molecule is Cn1cc(C(=O)c2cccs2)c2ccc(Cl)cc21. The number of aromatic nitrogens is 1. The molecule has 0 aliphatic rings. The van der Waals surface area contributed by atoms with E-state index in [4.69, 9.17) is 11.6 Å². The van der Waals surface area contributed by atoms with Crippen LogP contribution in [0, 0.1) is 0 Å². The third-order valence-electron chi connectivity index (χ3n) is 2.94. The largest absolute Gasteiger partial charge is 0.350 e. The lowest BCUT2D eigenvalue weighted by Crippen LogP contribution is -1.97. The Morgan fingerprint density at radius 1 is 1.33 bits per heavy atom. The summed E-state index contributed by atoms with van der Waals surface area (Å²) >= 11 is 7.44. The highest BCUT2D eigenvalue weighted by Gasteiger charge is 2.16. The van der Waals surface area contributed by atoms with Crippen LogP contribution in [0.4, 0.5) is 0 Å². The maximum atomic E-state index is 12.4. The number of thiophene rings is 1. The van der Waals surface area contributed by atoms with Crippen molar-refractivity contribution in [3.8, 4) is 0 Å². The Labute approximate surface area is 113 Å². The molecule has 0 saturated heterocycles. The number of halogens is 1. The third-order valence-corrected chi connectivity index (χ3v) is 4.05. The molecule has 0 N–H and O–H groups in total. The zero-order valence-electron chi connectivity index (χ0n) is 9.68. The first-order chi connectivity index (χ1) is 8.66. The Hall–Kier alpha value is -1.58. The van der Waals surface area contributed by atoms with Gasteiger partial charge in [0.15, 0.2) is 0 Å². The first kappa shape index (κ1) is 11.5. The van der Waals surface area contributed by atoms with E-state index < -0.39 is 0 Å². The number of rotatable bonds is 2. The maximum Gasteiger partial charge on any atom is 0.205 e. The minimum atomic E-state index is 0.0675. The van der Waals surface area contributed by atoms with Gasteiger partial charge in [-0.1, -0.05) is 23.7 Å². The summed E-state index contributed by atoms with van der Waals surface area (Å²) in [5.74, 6) is 0.0675. The van der Waals surface area contributed by atoms with E-state index in [1.807, 2.05) is 53.5 Å². The van der Waals surface area contributed by atoms with Crippen molar-refractivity contribution in [3.63, 3.8) is 0 Å². The molecule has 0 aliphatic carbocycles. The molecule has 18 heavy (non-hydrogen) atoms. The van der Waals surface area contributed by atoms with E-state index in [0.717, 1.165) is 21.3 Å². The van der Waals surface area contributed by atoms with Gasteiger partial charge in [0.25, 0.3) is 0 Å². The fourth-order valence-corrected chi connectivity index (χ4v) is 2.92. The van der Waals surface area contributed by atoms with Crippen LogP contribution >= 0.6 is 22.9 Å². The number of aryl methyl sites for hydroxylation is 1. The minimum Gasteiger partial charge on any atom is -0.350 e. The van der Waals surface area contributed by atoms with Gasteiger partial charge < -0.3 is 4.57 Å². The summed E-state index contributed by atoms with van der Waals surface area (Å²) in [6, 6.07) is 9.33. The average Bonchev–Trinajstić information content (AvgIpc) is 2.97. The van der Waals surface area contributed by atoms with E-state index in [0.29, 0.717) is 5.02 Å². The lowest BCUT2D eigenvalue weighted by atomic mass is 10.1. The predicted molar refractivity (Wildman–Crippen MR) is 75.7 cm³/mol. The molecule has 0 fully saturated rings. The molecule has 3 aromatic rings. The Bertz CT molecular complexity index is 728. The molecule has 3 rings (SSSR count). The second-order valence-corrected chi connectivity index (χ2v) is 5.51. The molecule has 0 bridgehead atoms. The van der Waals surface area contributed by atoms with Gasteiger partial charge in [-0.25, -0.2) is 0 Å². The molecule has 2 aromatic heterocycles. The number of fused-ring (bicyclic) bond motifs is 1. The summed E-state index contributed by atoms with van der Waals surface area (Å²) in [6.07, 6.45) is 1.86. The fourth-order valence-electron chi connectivity index (χ4n) is 2.08. The van der Waals surface area contributed by atoms with Gasteiger partial charge in [0, 0.05) is 34.7 Å². The lowest BCUT2D eigenvalue weighted by Gasteiger charge is -1.97. The molecule has 0 aliphatic heterocycles. The number of benzene rings is 1. The molecule has 0 saturated carbocycles. The van der Waals surface area contributed by atoms with Crippen molar-refractivity contribution in [2.45, 2.75) is 0 Å². The first-order valence-electron chi connectivity index (χ1n) is 5.49. The van der Waals surface area contributed by atoms with Gasteiger partial charge in [0.2, 0.25) is 5.78 Å². The van der Waals surface area contributed by atoms with Crippen LogP contribution in [0.3, 0.4) is 0 Å². The zero-order chi connectivity index (χ0) is 12.7. The highest BCUT2D eigenvalue weighted by molar-refractivity contribution is 7.12. The van der Waals surface area contributed by atoms with Crippen molar-refractivity contribution in [1.29, 1.82) is 0 Å². The Morgan fingerprint density at radius 3 is 2.89 bits per heavy atom. The van der Waals surface area contributed by atoms with Crippen LogP contribution in [0.25, 0.3) is 10.9 Å². The van der Waals surface area contributed by atoms with E-state index in [1.165, 1.54) is 11.3 Å². The molecular formula is C14H10ClNOS. The minimum absolute atomic E-state index is 0.0675. The van der Waals surface area contributed by atoms with Crippen LogP contribution in [-0.4, -0.2) is 10.4 Å². The van der Waals surface area contributed by atoms with Crippen LogP contribution in [0.15, 0.2) is 41.9 Å². The van der Waals surface area contributed by atoms with E-state index >= 15 is 0 Å². The summed E-state index contributed by atoms with van der Waals surface area (Å²) < 4.78 is 1.93. The maximum absolute atomic E-state index is 12.4.